The van der Waals surface area contributed by atoms with E-state index < -0.39 is 16.8 Å². The van der Waals surface area contributed by atoms with Gasteiger partial charge in [-0.1, -0.05) is 6.92 Å². The molecule has 0 spiro atoms. The van der Waals surface area contributed by atoms with Gasteiger partial charge in [0, 0.05) is 18.3 Å². The van der Waals surface area contributed by atoms with Crippen molar-refractivity contribution in [1.29, 1.82) is 0 Å². The van der Waals surface area contributed by atoms with Gasteiger partial charge < -0.3 is 10.6 Å². The number of amides is 1. The standard InChI is InChI=1S/C12H16FN3O3/c1-3-4-14-12(17)8(2)15-10-5-9(13)6-11(7-10)16(18)19/h5-8,15H,3-4H2,1-2H3,(H,14,17). The van der Waals surface area contributed by atoms with E-state index in [2.05, 4.69) is 10.6 Å². The average Bonchev–Trinajstić information content (AvgIpc) is 2.34. The van der Waals surface area contributed by atoms with Crippen LogP contribution in [0.5, 0.6) is 0 Å². The van der Waals surface area contributed by atoms with Gasteiger partial charge in [0.2, 0.25) is 5.91 Å². The van der Waals surface area contributed by atoms with Gasteiger partial charge in [-0.15, -0.1) is 0 Å². The predicted molar refractivity (Wildman–Crippen MR) is 69.4 cm³/mol. The number of anilines is 1. The van der Waals surface area contributed by atoms with Gasteiger partial charge in [-0.25, -0.2) is 4.39 Å². The third kappa shape index (κ3) is 4.53. The molecule has 0 aromatic heterocycles. The SMILES string of the molecule is CCCNC(=O)C(C)Nc1cc(F)cc([N+](=O)[O-])c1. The number of halogens is 1. The van der Waals surface area contributed by atoms with Crippen LogP contribution in [-0.2, 0) is 4.79 Å². The average molecular weight is 269 g/mol. The van der Waals surface area contributed by atoms with Crippen LogP contribution in [0.3, 0.4) is 0 Å². The van der Waals surface area contributed by atoms with Crippen molar-refractivity contribution in [3.8, 4) is 0 Å². The Morgan fingerprint density at radius 1 is 1.47 bits per heavy atom. The van der Waals surface area contributed by atoms with Gasteiger partial charge in [0.25, 0.3) is 5.69 Å². The third-order valence-corrected chi connectivity index (χ3v) is 2.42. The number of nitrogens with one attached hydrogen (secondary N) is 2. The van der Waals surface area contributed by atoms with E-state index in [1.54, 1.807) is 6.92 Å². The molecule has 0 aliphatic carbocycles. The highest BCUT2D eigenvalue weighted by molar-refractivity contribution is 5.84. The molecular weight excluding hydrogens is 253 g/mol. The summed E-state index contributed by atoms with van der Waals surface area (Å²) in [5.74, 6) is -0.966. The van der Waals surface area contributed by atoms with Gasteiger partial charge in [-0.2, -0.15) is 0 Å². The largest absolute Gasteiger partial charge is 0.374 e. The quantitative estimate of drug-likeness (QED) is 0.611. The summed E-state index contributed by atoms with van der Waals surface area (Å²) in [6, 6.07) is 2.52. The maximum absolute atomic E-state index is 13.2. The Morgan fingerprint density at radius 2 is 2.16 bits per heavy atom. The van der Waals surface area contributed by atoms with Crippen molar-refractivity contribution < 1.29 is 14.1 Å². The summed E-state index contributed by atoms with van der Waals surface area (Å²) < 4.78 is 13.2. The molecule has 0 radical (unpaired) electrons. The zero-order valence-corrected chi connectivity index (χ0v) is 10.8. The van der Waals surface area contributed by atoms with Crippen LogP contribution in [0.4, 0.5) is 15.8 Å². The number of carbonyl (C=O) groups excluding carboxylic acids is 1. The molecule has 1 rings (SSSR count). The predicted octanol–water partition coefficient (Wildman–Crippen LogP) is 2.06. The number of nitro benzene ring substituents is 1. The van der Waals surface area contributed by atoms with Crippen molar-refractivity contribution in [3.05, 3.63) is 34.1 Å². The van der Waals surface area contributed by atoms with Crippen molar-refractivity contribution >= 4 is 17.3 Å². The minimum absolute atomic E-state index is 0.200. The molecule has 0 aliphatic rings. The number of hydrogen-bond donors (Lipinski definition) is 2. The molecule has 0 aliphatic heterocycles. The first-order chi connectivity index (χ1) is 8.93. The van der Waals surface area contributed by atoms with Gasteiger partial charge in [0.1, 0.15) is 11.9 Å². The highest BCUT2D eigenvalue weighted by Gasteiger charge is 2.15. The van der Waals surface area contributed by atoms with Crippen molar-refractivity contribution in [2.75, 3.05) is 11.9 Å². The lowest BCUT2D eigenvalue weighted by atomic mass is 10.2. The fourth-order valence-corrected chi connectivity index (χ4v) is 1.48. The zero-order valence-electron chi connectivity index (χ0n) is 10.8. The second-order valence-electron chi connectivity index (χ2n) is 4.11. The topological polar surface area (TPSA) is 84.3 Å². The molecule has 1 aromatic carbocycles. The first kappa shape index (κ1) is 14.9. The van der Waals surface area contributed by atoms with Gasteiger partial charge in [0.15, 0.2) is 0 Å². The molecule has 0 saturated carbocycles. The number of hydrogen-bond acceptors (Lipinski definition) is 4. The summed E-state index contributed by atoms with van der Waals surface area (Å²) in [6.45, 7) is 4.07. The Balaban J connectivity index is 2.76. The summed E-state index contributed by atoms with van der Waals surface area (Å²) >= 11 is 0. The first-order valence-electron chi connectivity index (χ1n) is 5.93. The first-order valence-corrected chi connectivity index (χ1v) is 5.93. The van der Waals surface area contributed by atoms with E-state index in [0.717, 1.165) is 18.6 Å². The highest BCUT2D eigenvalue weighted by atomic mass is 19.1. The number of benzene rings is 1. The number of carbonyl (C=O) groups is 1. The van der Waals surface area contributed by atoms with Crippen molar-refractivity contribution in [2.45, 2.75) is 26.3 Å². The maximum atomic E-state index is 13.2. The number of non-ortho nitro benzene ring substituents is 1. The van der Waals surface area contributed by atoms with Crippen LogP contribution >= 0.6 is 0 Å². The van der Waals surface area contributed by atoms with Crippen LogP contribution in [0.15, 0.2) is 18.2 Å². The summed E-state index contributed by atoms with van der Waals surface area (Å²) in [4.78, 5) is 21.5. The van der Waals surface area contributed by atoms with Gasteiger partial charge in [0.05, 0.1) is 11.0 Å². The Hall–Kier alpha value is -2.18. The monoisotopic (exact) mass is 269 g/mol. The molecule has 0 heterocycles. The number of rotatable bonds is 6. The van der Waals surface area contributed by atoms with E-state index in [4.69, 9.17) is 0 Å². The Bertz CT molecular complexity index is 479. The molecule has 1 atom stereocenters. The Labute approximate surface area is 110 Å². The van der Waals surface area contributed by atoms with Crippen molar-refractivity contribution in [1.82, 2.24) is 5.32 Å². The number of nitro groups is 1. The molecule has 2 N–H and O–H groups in total. The Kier molecular flexibility index (Phi) is 5.23. The van der Waals surface area contributed by atoms with Crippen LogP contribution in [-0.4, -0.2) is 23.4 Å². The molecule has 1 aromatic rings. The molecule has 104 valence electrons. The summed E-state index contributed by atoms with van der Waals surface area (Å²) in [6.07, 6.45) is 0.809. The summed E-state index contributed by atoms with van der Waals surface area (Å²) in [7, 11) is 0. The van der Waals surface area contributed by atoms with E-state index in [0.29, 0.717) is 6.54 Å². The lowest BCUT2D eigenvalue weighted by Gasteiger charge is -2.14. The Morgan fingerprint density at radius 3 is 2.74 bits per heavy atom. The van der Waals surface area contributed by atoms with Gasteiger partial charge in [-0.3, -0.25) is 14.9 Å². The normalized spacial score (nSPS) is 11.7. The molecule has 19 heavy (non-hydrogen) atoms. The molecule has 6 nitrogen and oxygen atoms in total. The fraction of sp³-hybridized carbons (Fsp3) is 0.417. The third-order valence-electron chi connectivity index (χ3n) is 2.42. The van der Waals surface area contributed by atoms with E-state index in [9.17, 15) is 19.3 Å². The second-order valence-corrected chi connectivity index (χ2v) is 4.11. The second kappa shape index (κ2) is 6.67. The summed E-state index contributed by atoms with van der Waals surface area (Å²) in [5.41, 5.74) is -0.158. The highest BCUT2D eigenvalue weighted by Crippen LogP contribution is 2.20. The van der Waals surface area contributed by atoms with Gasteiger partial charge in [-0.05, 0) is 19.4 Å². The van der Waals surface area contributed by atoms with Crippen LogP contribution in [0.1, 0.15) is 20.3 Å². The maximum Gasteiger partial charge on any atom is 0.274 e. The van der Waals surface area contributed by atoms with Gasteiger partial charge >= 0.3 is 0 Å². The molecule has 0 saturated heterocycles. The van der Waals surface area contributed by atoms with Crippen molar-refractivity contribution in [3.63, 3.8) is 0 Å². The zero-order chi connectivity index (χ0) is 14.4. The van der Waals surface area contributed by atoms with Crippen LogP contribution in [0, 0.1) is 15.9 Å². The van der Waals surface area contributed by atoms with E-state index in [1.807, 2.05) is 6.92 Å². The van der Waals surface area contributed by atoms with E-state index in [1.165, 1.54) is 6.07 Å². The van der Waals surface area contributed by atoms with Crippen LogP contribution in [0.25, 0.3) is 0 Å². The van der Waals surface area contributed by atoms with Crippen LogP contribution < -0.4 is 10.6 Å². The van der Waals surface area contributed by atoms with Crippen molar-refractivity contribution in [2.24, 2.45) is 0 Å². The smallest absolute Gasteiger partial charge is 0.274 e. The lowest BCUT2D eigenvalue weighted by molar-refractivity contribution is -0.385. The lowest BCUT2D eigenvalue weighted by Crippen LogP contribution is -2.37. The molecular formula is C12H16FN3O3. The fourth-order valence-electron chi connectivity index (χ4n) is 1.48. The molecule has 1 amide bonds. The van der Waals surface area contributed by atoms with E-state index >= 15 is 0 Å². The molecule has 1 unspecified atom stereocenters. The molecule has 0 bridgehead atoms. The van der Waals surface area contributed by atoms with Crippen LogP contribution in [0.2, 0.25) is 0 Å². The minimum Gasteiger partial charge on any atom is -0.374 e. The summed E-state index contributed by atoms with van der Waals surface area (Å²) in [5, 5.41) is 16.0. The molecule has 7 heteroatoms. The minimum atomic E-state index is -0.724. The number of nitrogens with zero attached hydrogens (tertiary/aromatic N) is 1. The molecule has 0 fully saturated rings. The van der Waals surface area contributed by atoms with E-state index in [-0.39, 0.29) is 17.3 Å².